The number of carbonyl (C=O) groups is 3. The van der Waals surface area contributed by atoms with Crippen LogP contribution in [0.4, 0.5) is 4.79 Å². The zero-order chi connectivity index (χ0) is 8.27. The molecule has 0 aliphatic carbocycles. The van der Waals surface area contributed by atoms with Gasteiger partial charge in [0, 0.05) is 0 Å². The molecule has 0 aromatic heterocycles. The van der Waals surface area contributed by atoms with Gasteiger partial charge >= 0.3 is 0 Å². The van der Waals surface area contributed by atoms with Gasteiger partial charge in [-0.1, -0.05) is 0 Å². The third-order valence-corrected chi connectivity index (χ3v) is 2.03. The highest BCUT2D eigenvalue weighted by molar-refractivity contribution is 8.15. The number of amides is 2. The van der Waals surface area contributed by atoms with Gasteiger partial charge in [0.05, 0.1) is 0 Å². The van der Waals surface area contributed by atoms with Gasteiger partial charge in [-0.2, -0.15) is 0 Å². The van der Waals surface area contributed by atoms with Crippen molar-refractivity contribution in [3.63, 3.8) is 0 Å². The van der Waals surface area contributed by atoms with Crippen LogP contribution in [0.5, 0.6) is 0 Å². The highest BCUT2D eigenvalue weighted by atomic mass is 32.2. The summed E-state index contributed by atoms with van der Waals surface area (Å²) in [4.78, 5) is 31.0. The SMILES string of the molecule is O=COCC1SC(=O)NC1=O. The monoisotopic (exact) mass is 175 g/mol. The largest absolute Gasteiger partial charge is 0.466 e. The van der Waals surface area contributed by atoms with Crippen LogP contribution in [0.3, 0.4) is 0 Å². The molecule has 60 valence electrons. The van der Waals surface area contributed by atoms with Crippen molar-refractivity contribution in [3.05, 3.63) is 0 Å². The summed E-state index contributed by atoms with van der Waals surface area (Å²) >= 11 is 0.830. The number of hydrogen-bond donors (Lipinski definition) is 1. The first kappa shape index (κ1) is 8.06. The summed E-state index contributed by atoms with van der Waals surface area (Å²) in [5.41, 5.74) is 0. The predicted molar refractivity (Wildman–Crippen MR) is 36.9 cm³/mol. The van der Waals surface area contributed by atoms with Crippen LogP contribution in [0.2, 0.25) is 0 Å². The molecule has 1 aliphatic rings. The van der Waals surface area contributed by atoms with Crippen LogP contribution in [-0.4, -0.2) is 29.5 Å². The van der Waals surface area contributed by atoms with Crippen molar-refractivity contribution in [2.45, 2.75) is 5.25 Å². The van der Waals surface area contributed by atoms with Gasteiger partial charge in [0.15, 0.2) is 0 Å². The first-order valence-corrected chi connectivity index (χ1v) is 3.68. The molecule has 1 fully saturated rings. The molecule has 6 heteroatoms. The minimum Gasteiger partial charge on any atom is -0.466 e. The van der Waals surface area contributed by atoms with Crippen LogP contribution < -0.4 is 5.32 Å². The predicted octanol–water partition coefficient (Wildman–Crippen LogP) is -0.489. The molecular weight excluding hydrogens is 170 g/mol. The van der Waals surface area contributed by atoms with Crippen LogP contribution in [0.1, 0.15) is 0 Å². The first-order chi connectivity index (χ1) is 5.24. The van der Waals surface area contributed by atoms with Gasteiger partial charge in [-0.05, 0) is 11.8 Å². The summed E-state index contributed by atoms with van der Waals surface area (Å²) < 4.78 is 4.32. The average Bonchev–Trinajstić information content (AvgIpc) is 2.26. The van der Waals surface area contributed by atoms with Gasteiger partial charge < -0.3 is 4.74 Å². The van der Waals surface area contributed by atoms with Crippen LogP contribution >= 0.6 is 11.8 Å². The van der Waals surface area contributed by atoms with E-state index in [2.05, 4.69) is 10.1 Å². The lowest BCUT2D eigenvalue weighted by atomic mass is 10.4. The number of nitrogens with one attached hydrogen (secondary N) is 1. The Hall–Kier alpha value is -1.04. The molecule has 11 heavy (non-hydrogen) atoms. The summed E-state index contributed by atoms with van der Waals surface area (Å²) in [5, 5.41) is 1.09. The van der Waals surface area contributed by atoms with E-state index < -0.39 is 16.4 Å². The highest BCUT2D eigenvalue weighted by Crippen LogP contribution is 2.18. The average molecular weight is 175 g/mol. The minimum absolute atomic E-state index is 0.0499. The Balaban J connectivity index is 2.40. The van der Waals surface area contributed by atoms with Gasteiger partial charge in [0.25, 0.3) is 11.7 Å². The van der Waals surface area contributed by atoms with Gasteiger partial charge in [0.2, 0.25) is 5.91 Å². The molecule has 1 unspecified atom stereocenters. The van der Waals surface area contributed by atoms with Gasteiger partial charge in [-0.25, -0.2) is 0 Å². The Bertz CT molecular complexity index is 205. The maximum atomic E-state index is 10.7. The van der Waals surface area contributed by atoms with Crippen LogP contribution in [0.15, 0.2) is 0 Å². The molecule has 1 aliphatic heterocycles. The van der Waals surface area contributed by atoms with Crippen molar-refractivity contribution in [1.29, 1.82) is 0 Å². The molecule has 0 radical (unpaired) electrons. The van der Waals surface area contributed by atoms with Crippen molar-refractivity contribution in [1.82, 2.24) is 5.32 Å². The number of thioether (sulfide) groups is 1. The number of hydrogen-bond acceptors (Lipinski definition) is 5. The molecule has 5 nitrogen and oxygen atoms in total. The Morgan fingerprint density at radius 3 is 2.82 bits per heavy atom. The lowest BCUT2D eigenvalue weighted by Crippen LogP contribution is -2.26. The number of carbonyl (C=O) groups excluding carboxylic acids is 3. The molecule has 0 aromatic rings. The molecule has 1 saturated heterocycles. The second kappa shape index (κ2) is 3.38. The molecule has 1 N–H and O–H groups in total. The number of imide groups is 1. The van der Waals surface area contributed by atoms with E-state index in [0.717, 1.165) is 11.8 Å². The van der Waals surface area contributed by atoms with E-state index in [1.807, 2.05) is 0 Å². The van der Waals surface area contributed by atoms with Gasteiger partial charge in [0.1, 0.15) is 11.9 Å². The van der Waals surface area contributed by atoms with Crippen LogP contribution in [0, 0.1) is 0 Å². The topological polar surface area (TPSA) is 72.5 Å². The van der Waals surface area contributed by atoms with Crippen LogP contribution in [-0.2, 0) is 14.3 Å². The Morgan fingerprint density at radius 1 is 1.64 bits per heavy atom. The molecular formula is C5H5NO4S. The fourth-order valence-corrected chi connectivity index (χ4v) is 1.36. The molecule has 0 aromatic carbocycles. The van der Waals surface area contributed by atoms with Crippen LogP contribution in [0.25, 0.3) is 0 Å². The molecule has 0 bridgehead atoms. The molecule has 1 rings (SSSR count). The zero-order valence-electron chi connectivity index (χ0n) is 5.40. The van der Waals surface area contributed by atoms with E-state index in [1.165, 1.54) is 0 Å². The number of rotatable bonds is 3. The molecule has 1 heterocycles. The fraction of sp³-hybridized carbons (Fsp3) is 0.400. The van der Waals surface area contributed by atoms with E-state index >= 15 is 0 Å². The molecule has 2 amide bonds. The fourth-order valence-electron chi connectivity index (χ4n) is 0.630. The smallest absolute Gasteiger partial charge is 0.293 e. The maximum absolute atomic E-state index is 10.7. The minimum atomic E-state index is -0.576. The van der Waals surface area contributed by atoms with E-state index in [9.17, 15) is 14.4 Å². The Kier molecular flexibility index (Phi) is 2.48. The zero-order valence-corrected chi connectivity index (χ0v) is 6.22. The third-order valence-electron chi connectivity index (χ3n) is 1.08. The highest BCUT2D eigenvalue weighted by Gasteiger charge is 2.31. The van der Waals surface area contributed by atoms with E-state index in [4.69, 9.17) is 0 Å². The van der Waals surface area contributed by atoms with E-state index in [1.54, 1.807) is 0 Å². The van der Waals surface area contributed by atoms with Crippen molar-refractivity contribution >= 4 is 29.4 Å². The maximum Gasteiger partial charge on any atom is 0.293 e. The van der Waals surface area contributed by atoms with E-state index in [0.29, 0.717) is 0 Å². The van der Waals surface area contributed by atoms with Gasteiger partial charge in [-0.15, -0.1) is 0 Å². The summed E-state index contributed by atoms with van der Waals surface area (Å²) in [6, 6.07) is 0. The van der Waals surface area contributed by atoms with Crippen molar-refractivity contribution in [3.8, 4) is 0 Å². The van der Waals surface area contributed by atoms with Crippen molar-refractivity contribution < 1.29 is 19.1 Å². The van der Waals surface area contributed by atoms with Crippen molar-refractivity contribution in [2.75, 3.05) is 6.61 Å². The molecule has 1 atom stereocenters. The molecule has 0 spiro atoms. The quantitative estimate of drug-likeness (QED) is 0.586. The summed E-state index contributed by atoms with van der Waals surface area (Å²) in [6.45, 7) is 0.197. The van der Waals surface area contributed by atoms with Gasteiger partial charge in [-0.3, -0.25) is 19.7 Å². The van der Waals surface area contributed by atoms with Crippen molar-refractivity contribution in [2.24, 2.45) is 0 Å². The Morgan fingerprint density at radius 2 is 2.36 bits per heavy atom. The Labute approximate surface area is 66.5 Å². The summed E-state index contributed by atoms with van der Waals surface area (Å²) in [7, 11) is 0. The second-order valence-electron chi connectivity index (χ2n) is 1.81. The second-order valence-corrected chi connectivity index (χ2v) is 2.99. The van der Waals surface area contributed by atoms with E-state index in [-0.39, 0.29) is 13.1 Å². The standard InChI is InChI=1S/C5H5NO4S/c7-2-10-1-3-4(8)6-5(9)11-3/h2-3H,1H2,(H,6,8,9). The molecule has 0 saturated carbocycles. The first-order valence-electron chi connectivity index (χ1n) is 2.81. The summed E-state index contributed by atoms with van der Waals surface area (Å²) in [6.07, 6.45) is 0. The number of ether oxygens (including phenoxy) is 1. The third kappa shape index (κ3) is 1.94. The lowest BCUT2D eigenvalue weighted by Gasteiger charge is -2.00. The summed E-state index contributed by atoms with van der Waals surface area (Å²) in [5.74, 6) is -0.401. The normalized spacial score (nSPS) is 23.1. The lowest BCUT2D eigenvalue weighted by molar-refractivity contribution is -0.129.